The number of hydrogen-bond donors (Lipinski definition) is 1. The van der Waals surface area contributed by atoms with Gasteiger partial charge in [0.1, 0.15) is 5.75 Å². The molecule has 140 valence electrons. The minimum absolute atomic E-state index is 0.0160. The molecule has 0 radical (unpaired) electrons. The van der Waals surface area contributed by atoms with Gasteiger partial charge in [0.15, 0.2) is 0 Å². The third-order valence-electron chi connectivity index (χ3n) is 5.48. The van der Waals surface area contributed by atoms with E-state index in [9.17, 15) is 9.90 Å². The molecule has 1 N–H and O–H groups in total. The van der Waals surface area contributed by atoms with Crippen molar-refractivity contribution in [3.05, 3.63) is 28.8 Å². The van der Waals surface area contributed by atoms with E-state index >= 15 is 0 Å². The molecule has 1 aliphatic rings. The Kier molecular flexibility index (Phi) is 5.56. The normalized spacial score (nSPS) is 21.9. The largest absolute Gasteiger partial charge is 0.507 e. The fraction of sp³-hybridized carbons (Fsp3) is 0.682. The van der Waals surface area contributed by atoms with Crippen molar-refractivity contribution >= 4 is 5.97 Å². The molecule has 25 heavy (non-hydrogen) atoms. The van der Waals surface area contributed by atoms with Crippen molar-refractivity contribution in [1.82, 2.24) is 0 Å². The first-order valence-electron chi connectivity index (χ1n) is 9.42. The molecule has 1 saturated carbocycles. The van der Waals surface area contributed by atoms with Crippen molar-refractivity contribution in [3.63, 3.8) is 0 Å². The molecular weight excluding hydrogens is 312 g/mol. The van der Waals surface area contributed by atoms with Crippen LogP contribution in [0.3, 0.4) is 0 Å². The van der Waals surface area contributed by atoms with E-state index in [1.54, 1.807) is 0 Å². The van der Waals surface area contributed by atoms with Crippen LogP contribution in [0, 0.1) is 5.92 Å². The maximum Gasteiger partial charge on any atom is 0.309 e. The van der Waals surface area contributed by atoms with Crippen molar-refractivity contribution in [2.24, 2.45) is 5.92 Å². The summed E-state index contributed by atoms with van der Waals surface area (Å²) >= 11 is 0. The first-order valence-corrected chi connectivity index (χ1v) is 9.42. The van der Waals surface area contributed by atoms with E-state index in [0.717, 1.165) is 36.8 Å². The highest BCUT2D eigenvalue weighted by Gasteiger charge is 2.36. The van der Waals surface area contributed by atoms with Crippen LogP contribution in [0.1, 0.15) is 89.8 Å². The van der Waals surface area contributed by atoms with Gasteiger partial charge in [-0.1, -0.05) is 66.5 Å². The lowest BCUT2D eigenvalue weighted by atomic mass is 9.71. The van der Waals surface area contributed by atoms with Crippen LogP contribution in [0.2, 0.25) is 0 Å². The molecule has 1 fully saturated rings. The first-order chi connectivity index (χ1) is 11.5. The molecule has 2 rings (SSSR count). The van der Waals surface area contributed by atoms with Crippen molar-refractivity contribution in [2.45, 2.75) is 84.0 Å². The Labute approximate surface area is 152 Å². The number of esters is 1. The lowest BCUT2D eigenvalue weighted by molar-refractivity contribution is -0.147. The highest BCUT2D eigenvalue weighted by molar-refractivity contribution is 5.74. The van der Waals surface area contributed by atoms with Crippen LogP contribution in [0.25, 0.3) is 0 Å². The quantitative estimate of drug-likeness (QED) is 0.726. The maximum absolute atomic E-state index is 12.3. The molecule has 1 aromatic rings. The Hall–Kier alpha value is -1.51. The van der Waals surface area contributed by atoms with Crippen LogP contribution >= 0.6 is 0 Å². The number of ether oxygens (including phenoxy) is 1. The first kappa shape index (κ1) is 19.8. The summed E-state index contributed by atoms with van der Waals surface area (Å²) in [4.78, 5) is 12.3. The highest BCUT2D eigenvalue weighted by atomic mass is 16.5. The Morgan fingerprint density at radius 3 is 2.16 bits per heavy atom. The smallest absolute Gasteiger partial charge is 0.309 e. The molecule has 0 aliphatic heterocycles. The maximum atomic E-state index is 12.3. The van der Waals surface area contributed by atoms with Crippen LogP contribution in [-0.2, 0) is 20.4 Å². The summed E-state index contributed by atoms with van der Waals surface area (Å²) in [6, 6.07) is 4.26. The van der Waals surface area contributed by atoms with Gasteiger partial charge in [-0.25, -0.2) is 0 Å². The predicted molar refractivity (Wildman–Crippen MR) is 102 cm³/mol. The summed E-state index contributed by atoms with van der Waals surface area (Å²) in [7, 11) is 1.46. The molecular formula is C22H34O3. The molecule has 0 heterocycles. The zero-order valence-corrected chi connectivity index (χ0v) is 16.9. The summed E-state index contributed by atoms with van der Waals surface area (Å²) in [6.07, 6.45) is 3.89. The van der Waals surface area contributed by atoms with E-state index in [1.807, 2.05) is 0 Å². The van der Waals surface area contributed by atoms with Crippen LogP contribution in [0.4, 0.5) is 0 Å². The van der Waals surface area contributed by atoms with Gasteiger partial charge in [0, 0.05) is 5.92 Å². The number of aromatic hydroxyl groups is 1. The highest BCUT2D eigenvalue weighted by Crippen LogP contribution is 2.46. The molecule has 3 heteroatoms. The standard InChI is InChI=1S/C22H34O3/c1-21(2,3)14-12-17(19(23)18(13-14)22(4,5)6)15-10-8-9-11-16(15)20(24)25-7/h12-13,15-16,23H,8-11H2,1-7H3. The molecule has 1 aliphatic carbocycles. The number of benzene rings is 1. The third kappa shape index (κ3) is 4.19. The average Bonchev–Trinajstić information content (AvgIpc) is 2.52. The van der Waals surface area contributed by atoms with Crippen LogP contribution in [0.15, 0.2) is 12.1 Å². The third-order valence-corrected chi connectivity index (χ3v) is 5.48. The molecule has 2 atom stereocenters. The van der Waals surface area contributed by atoms with Crippen LogP contribution in [0.5, 0.6) is 5.75 Å². The second-order valence-electron chi connectivity index (χ2n) is 9.48. The number of carbonyl (C=O) groups excluding carboxylic acids is 1. The van der Waals surface area contributed by atoms with E-state index in [-0.39, 0.29) is 28.6 Å². The average molecular weight is 347 g/mol. The fourth-order valence-electron chi connectivity index (χ4n) is 3.88. The summed E-state index contributed by atoms with van der Waals surface area (Å²) in [6.45, 7) is 12.9. The molecule has 2 unspecified atom stereocenters. The summed E-state index contributed by atoms with van der Waals surface area (Å²) < 4.78 is 5.06. The lowest BCUT2D eigenvalue weighted by Crippen LogP contribution is -2.28. The van der Waals surface area contributed by atoms with Gasteiger partial charge in [0.2, 0.25) is 0 Å². The van der Waals surface area contributed by atoms with Crippen molar-refractivity contribution in [2.75, 3.05) is 7.11 Å². The van der Waals surface area contributed by atoms with Crippen LogP contribution in [-0.4, -0.2) is 18.2 Å². The second kappa shape index (κ2) is 7.01. The Bertz CT molecular complexity index is 632. The zero-order valence-electron chi connectivity index (χ0n) is 16.9. The second-order valence-corrected chi connectivity index (χ2v) is 9.48. The molecule has 1 aromatic carbocycles. The predicted octanol–water partition coefficient (Wildman–Crippen LogP) is 5.43. The van der Waals surface area contributed by atoms with Gasteiger partial charge in [0.05, 0.1) is 13.0 Å². The van der Waals surface area contributed by atoms with Gasteiger partial charge in [-0.05, 0) is 40.4 Å². The van der Waals surface area contributed by atoms with E-state index in [2.05, 4.69) is 53.7 Å². The van der Waals surface area contributed by atoms with Crippen molar-refractivity contribution in [3.8, 4) is 5.75 Å². The number of phenolic OH excluding ortho intramolecular Hbond substituents is 1. The van der Waals surface area contributed by atoms with E-state index in [4.69, 9.17) is 4.74 Å². The minimum atomic E-state index is -0.160. The monoisotopic (exact) mass is 346 g/mol. The number of carbonyl (C=O) groups is 1. The molecule has 0 saturated heterocycles. The molecule has 0 spiro atoms. The van der Waals surface area contributed by atoms with Crippen molar-refractivity contribution < 1.29 is 14.6 Å². The van der Waals surface area contributed by atoms with E-state index < -0.39 is 0 Å². The lowest BCUT2D eigenvalue weighted by Gasteiger charge is -2.34. The van der Waals surface area contributed by atoms with Gasteiger partial charge >= 0.3 is 5.97 Å². The number of hydrogen-bond acceptors (Lipinski definition) is 3. The number of phenols is 1. The SMILES string of the molecule is COC(=O)C1CCCCC1c1cc(C(C)(C)C)cc(C(C)(C)C)c1O. The topological polar surface area (TPSA) is 46.5 Å². The molecule has 3 nitrogen and oxygen atoms in total. The molecule has 0 aromatic heterocycles. The molecule has 0 bridgehead atoms. The Balaban J connectivity index is 2.64. The van der Waals surface area contributed by atoms with Gasteiger partial charge in [-0.15, -0.1) is 0 Å². The van der Waals surface area contributed by atoms with Gasteiger partial charge in [-0.3, -0.25) is 4.79 Å². The van der Waals surface area contributed by atoms with Crippen LogP contribution < -0.4 is 0 Å². The minimum Gasteiger partial charge on any atom is -0.507 e. The van der Waals surface area contributed by atoms with Gasteiger partial charge in [0.25, 0.3) is 0 Å². The summed E-state index contributed by atoms with van der Waals surface area (Å²) in [5, 5.41) is 11.1. The molecule has 0 amide bonds. The fourth-order valence-corrected chi connectivity index (χ4v) is 3.88. The van der Waals surface area contributed by atoms with E-state index in [0.29, 0.717) is 5.75 Å². The summed E-state index contributed by atoms with van der Waals surface area (Å²) in [5.41, 5.74) is 2.92. The zero-order chi connectivity index (χ0) is 19.0. The van der Waals surface area contributed by atoms with E-state index in [1.165, 1.54) is 12.7 Å². The van der Waals surface area contributed by atoms with Gasteiger partial charge < -0.3 is 9.84 Å². The summed E-state index contributed by atoms with van der Waals surface area (Å²) in [5.74, 6) is 0.0844. The Morgan fingerprint density at radius 1 is 1.04 bits per heavy atom. The van der Waals surface area contributed by atoms with Gasteiger partial charge in [-0.2, -0.15) is 0 Å². The van der Waals surface area contributed by atoms with Crippen molar-refractivity contribution in [1.29, 1.82) is 0 Å². The number of methoxy groups -OCH3 is 1. The number of rotatable bonds is 2. The Morgan fingerprint density at radius 2 is 1.64 bits per heavy atom.